The van der Waals surface area contributed by atoms with Gasteiger partial charge in [0.15, 0.2) is 5.82 Å². The van der Waals surface area contributed by atoms with Crippen LogP contribution in [-0.4, -0.2) is 20.3 Å². The third-order valence-electron chi connectivity index (χ3n) is 4.02. The van der Waals surface area contributed by atoms with E-state index in [-0.39, 0.29) is 17.0 Å². The van der Waals surface area contributed by atoms with E-state index in [9.17, 15) is 0 Å². The molecule has 0 bridgehead atoms. The number of benzene rings is 1. The molecule has 112 valence electrons. The van der Waals surface area contributed by atoms with Gasteiger partial charge in [-0.1, -0.05) is 32.9 Å². The van der Waals surface area contributed by atoms with Gasteiger partial charge in [0.05, 0.1) is 17.4 Å². The van der Waals surface area contributed by atoms with Gasteiger partial charge in [-0.25, -0.2) is 0 Å². The van der Waals surface area contributed by atoms with E-state index in [4.69, 9.17) is 0 Å². The molecule has 2 aromatic rings. The summed E-state index contributed by atoms with van der Waals surface area (Å²) in [6.45, 7) is 13.6. The summed E-state index contributed by atoms with van der Waals surface area (Å²) < 4.78 is 2.13. The quantitative estimate of drug-likeness (QED) is 0.734. The van der Waals surface area contributed by atoms with Gasteiger partial charge in [-0.05, 0) is 38.3 Å². The zero-order valence-electron chi connectivity index (χ0n) is 13.8. The molecule has 2 heterocycles. The maximum atomic E-state index is 4.44. The molecule has 1 aliphatic heterocycles. The zero-order chi connectivity index (χ0) is 15.4. The highest BCUT2D eigenvalue weighted by molar-refractivity contribution is 5.68. The summed E-state index contributed by atoms with van der Waals surface area (Å²) >= 11 is 0. The van der Waals surface area contributed by atoms with Crippen molar-refractivity contribution in [1.82, 2.24) is 14.8 Å². The molecule has 0 radical (unpaired) electrons. The molecule has 1 unspecified atom stereocenters. The van der Waals surface area contributed by atoms with Crippen LogP contribution in [0.15, 0.2) is 30.6 Å². The zero-order valence-corrected chi connectivity index (χ0v) is 13.8. The van der Waals surface area contributed by atoms with Crippen LogP contribution in [0.5, 0.6) is 0 Å². The fourth-order valence-corrected chi connectivity index (χ4v) is 3.27. The van der Waals surface area contributed by atoms with Gasteiger partial charge in [0, 0.05) is 5.54 Å². The first kappa shape index (κ1) is 14.1. The molecule has 0 aliphatic carbocycles. The maximum absolute atomic E-state index is 4.44. The Morgan fingerprint density at radius 1 is 0.952 bits per heavy atom. The lowest BCUT2D eigenvalue weighted by Crippen LogP contribution is -2.51. The normalized spacial score (nSPS) is 18.4. The fourth-order valence-electron chi connectivity index (χ4n) is 3.27. The Balaban J connectivity index is 2.32. The van der Waals surface area contributed by atoms with Crippen molar-refractivity contribution in [2.24, 2.45) is 5.41 Å². The van der Waals surface area contributed by atoms with Crippen molar-refractivity contribution >= 4 is 5.69 Å². The number of hydrogen-bond donors (Lipinski definition) is 0. The lowest BCUT2D eigenvalue weighted by molar-refractivity contribution is 0.253. The second-order valence-corrected chi connectivity index (χ2v) is 7.86. The third kappa shape index (κ3) is 2.13. The minimum Gasteiger partial charge on any atom is -0.354 e. The smallest absolute Gasteiger partial charge is 0.160 e. The van der Waals surface area contributed by atoms with Crippen LogP contribution in [0.2, 0.25) is 0 Å². The lowest BCUT2D eigenvalue weighted by Gasteiger charge is -2.51. The Kier molecular flexibility index (Phi) is 2.91. The molecule has 21 heavy (non-hydrogen) atoms. The topological polar surface area (TPSA) is 34.0 Å². The molecule has 1 aliphatic rings. The highest BCUT2D eigenvalue weighted by Gasteiger charge is 2.44. The van der Waals surface area contributed by atoms with Crippen molar-refractivity contribution in [3.8, 4) is 5.69 Å². The van der Waals surface area contributed by atoms with E-state index in [1.165, 1.54) is 5.69 Å². The molecule has 1 atom stereocenters. The average Bonchev–Trinajstić information content (AvgIpc) is 2.83. The molecule has 0 fully saturated rings. The highest BCUT2D eigenvalue weighted by Crippen LogP contribution is 2.48. The van der Waals surface area contributed by atoms with Crippen LogP contribution < -0.4 is 4.90 Å². The first-order chi connectivity index (χ1) is 9.71. The van der Waals surface area contributed by atoms with Gasteiger partial charge in [0.1, 0.15) is 6.33 Å². The summed E-state index contributed by atoms with van der Waals surface area (Å²) in [6.07, 6.45) is 1.83. The standard InChI is InChI=1S/C17H24N4/c1-16(2,3)14-15-19-18-11-20(15)12-9-7-8-10-13(12)21(14)17(4,5)6/h7-11,14H,1-6H3. The number of rotatable bonds is 0. The van der Waals surface area contributed by atoms with Crippen LogP contribution in [-0.2, 0) is 0 Å². The van der Waals surface area contributed by atoms with Crippen LogP contribution >= 0.6 is 0 Å². The molecule has 1 aromatic heterocycles. The van der Waals surface area contributed by atoms with Crippen molar-refractivity contribution in [1.29, 1.82) is 0 Å². The van der Waals surface area contributed by atoms with Gasteiger partial charge in [0.2, 0.25) is 0 Å². The first-order valence-electron chi connectivity index (χ1n) is 7.50. The molecule has 0 amide bonds. The van der Waals surface area contributed by atoms with E-state index in [1.807, 2.05) is 6.33 Å². The van der Waals surface area contributed by atoms with Crippen molar-refractivity contribution < 1.29 is 0 Å². The number of hydrogen-bond acceptors (Lipinski definition) is 3. The second-order valence-electron chi connectivity index (χ2n) is 7.86. The van der Waals surface area contributed by atoms with Gasteiger partial charge in [-0.3, -0.25) is 4.57 Å². The van der Waals surface area contributed by atoms with Gasteiger partial charge in [-0.2, -0.15) is 0 Å². The molecule has 4 heteroatoms. The average molecular weight is 284 g/mol. The molecule has 0 N–H and O–H groups in total. The predicted molar refractivity (Wildman–Crippen MR) is 85.8 cm³/mol. The molecule has 0 saturated carbocycles. The molecular formula is C17H24N4. The molecular weight excluding hydrogens is 260 g/mol. The SMILES string of the molecule is CC(C)(C)C1c2nncn2-c2ccccc2N1C(C)(C)C. The molecule has 0 spiro atoms. The Hall–Kier alpha value is -1.84. The van der Waals surface area contributed by atoms with E-state index < -0.39 is 0 Å². The third-order valence-corrected chi connectivity index (χ3v) is 4.02. The van der Waals surface area contributed by atoms with Crippen molar-refractivity contribution in [3.05, 3.63) is 36.4 Å². The van der Waals surface area contributed by atoms with E-state index >= 15 is 0 Å². The van der Waals surface area contributed by atoms with Gasteiger partial charge in [0.25, 0.3) is 0 Å². The summed E-state index contributed by atoms with van der Waals surface area (Å²) in [5, 5.41) is 8.61. The summed E-state index contributed by atoms with van der Waals surface area (Å²) in [5.41, 5.74) is 2.47. The maximum Gasteiger partial charge on any atom is 0.160 e. The Labute approximate surface area is 126 Å². The van der Waals surface area contributed by atoms with Crippen molar-refractivity contribution in [3.63, 3.8) is 0 Å². The minimum atomic E-state index is 0.00521. The van der Waals surface area contributed by atoms with Crippen LogP contribution in [0.1, 0.15) is 53.4 Å². The van der Waals surface area contributed by atoms with E-state index in [1.54, 1.807) is 0 Å². The van der Waals surface area contributed by atoms with Gasteiger partial charge >= 0.3 is 0 Å². The molecule has 4 nitrogen and oxygen atoms in total. The largest absolute Gasteiger partial charge is 0.354 e. The summed E-state index contributed by atoms with van der Waals surface area (Å²) in [5.74, 6) is 1.02. The van der Waals surface area contributed by atoms with Gasteiger partial charge in [-0.15, -0.1) is 10.2 Å². The van der Waals surface area contributed by atoms with Crippen LogP contribution in [0, 0.1) is 5.41 Å². The van der Waals surface area contributed by atoms with Crippen molar-refractivity contribution in [2.45, 2.75) is 53.1 Å². The lowest BCUT2D eigenvalue weighted by atomic mass is 9.81. The number of fused-ring (bicyclic) bond motifs is 3. The number of nitrogens with zero attached hydrogens (tertiary/aromatic N) is 4. The number of anilines is 1. The summed E-state index contributed by atoms with van der Waals surface area (Å²) in [4.78, 5) is 2.49. The molecule has 0 saturated heterocycles. The Morgan fingerprint density at radius 2 is 1.57 bits per heavy atom. The summed E-state index contributed by atoms with van der Waals surface area (Å²) in [7, 11) is 0. The molecule has 1 aromatic carbocycles. The van der Waals surface area contributed by atoms with Crippen LogP contribution in [0.25, 0.3) is 5.69 Å². The van der Waals surface area contributed by atoms with E-state index in [2.05, 4.69) is 85.5 Å². The predicted octanol–water partition coefficient (Wildman–Crippen LogP) is 3.97. The van der Waals surface area contributed by atoms with E-state index in [0.29, 0.717) is 0 Å². The second kappa shape index (κ2) is 4.33. The van der Waals surface area contributed by atoms with Crippen molar-refractivity contribution in [2.75, 3.05) is 4.90 Å². The number of para-hydroxylation sites is 2. The van der Waals surface area contributed by atoms with Gasteiger partial charge < -0.3 is 4.90 Å². The monoisotopic (exact) mass is 284 g/mol. The fraction of sp³-hybridized carbons (Fsp3) is 0.529. The van der Waals surface area contributed by atoms with E-state index in [0.717, 1.165) is 11.5 Å². The van der Waals surface area contributed by atoms with Crippen LogP contribution in [0.3, 0.4) is 0 Å². The summed E-state index contributed by atoms with van der Waals surface area (Å²) in [6, 6.07) is 8.70. The molecule has 3 rings (SSSR count). The highest BCUT2D eigenvalue weighted by atomic mass is 15.4. The minimum absolute atomic E-state index is 0.00521. The number of aromatic nitrogens is 3. The first-order valence-corrected chi connectivity index (χ1v) is 7.50. The van der Waals surface area contributed by atoms with Crippen LogP contribution in [0.4, 0.5) is 5.69 Å². The Morgan fingerprint density at radius 3 is 2.14 bits per heavy atom. The Bertz CT molecular complexity index is 658.